The van der Waals surface area contributed by atoms with Gasteiger partial charge >= 0.3 is 158 Å². The van der Waals surface area contributed by atoms with Gasteiger partial charge in [-0.1, -0.05) is 0 Å². The quantitative estimate of drug-likeness (QED) is 0.305. The zero-order valence-electron chi connectivity index (χ0n) is 13.1. The van der Waals surface area contributed by atoms with Gasteiger partial charge in [-0.2, -0.15) is 0 Å². The van der Waals surface area contributed by atoms with E-state index < -0.39 is 0 Å². The van der Waals surface area contributed by atoms with Crippen molar-refractivity contribution in [2.75, 3.05) is 4.93 Å². The summed E-state index contributed by atoms with van der Waals surface area (Å²) < 4.78 is 4.79. The van der Waals surface area contributed by atoms with E-state index in [1.165, 1.54) is 0 Å². The van der Waals surface area contributed by atoms with E-state index in [-0.39, 0.29) is 27.0 Å². The van der Waals surface area contributed by atoms with Crippen molar-refractivity contribution >= 4 is 37.7 Å². The maximum absolute atomic E-state index is 12.5. The SMILES string of the molecule is C[I-]n1ccc2c(-c3ccc4cc(Br)ccc4n3)cn(C)c(=O)c21. The molecule has 0 N–H and O–H groups in total. The van der Waals surface area contributed by atoms with E-state index in [1.807, 2.05) is 36.7 Å². The third-order valence-electron chi connectivity index (χ3n) is 4.09. The Bertz CT molecular complexity index is 1150. The molecule has 0 amide bonds. The Morgan fingerprint density at radius 2 is 2.00 bits per heavy atom. The summed E-state index contributed by atoms with van der Waals surface area (Å²) in [6.45, 7) is 0. The molecule has 3 heterocycles. The van der Waals surface area contributed by atoms with E-state index in [1.54, 1.807) is 11.6 Å². The summed E-state index contributed by atoms with van der Waals surface area (Å²) in [5, 5.41) is 2.06. The molecule has 0 aliphatic heterocycles. The molecule has 6 heteroatoms. The Morgan fingerprint density at radius 3 is 2.79 bits per heavy atom. The van der Waals surface area contributed by atoms with E-state index in [9.17, 15) is 4.79 Å². The molecule has 0 saturated heterocycles. The minimum atomic E-state index is -0.223. The second kappa shape index (κ2) is 6.00. The summed E-state index contributed by atoms with van der Waals surface area (Å²) >= 11 is 3.27. The van der Waals surface area contributed by atoms with E-state index in [0.29, 0.717) is 0 Å². The molecule has 4 nitrogen and oxygen atoms in total. The summed E-state index contributed by atoms with van der Waals surface area (Å²) in [6, 6.07) is 12.2. The molecule has 3 aromatic heterocycles. The number of nitrogens with zero attached hydrogens (tertiary/aromatic N) is 3. The van der Waals surface area contributed by atoms with Crippen molar-refractivity contribution < 1.29 is 21.5 Å². The van der Waals surface area contributed by atoms with Crippen LogP contribution in [-0.2, 0) is 7.05 Å². The molecule has 4 rings (SSSR count). The van der Waals surface area contributed by atoms with E-state index in [2.05, 4.69) is 35.8 Å². The number of hydrogen-bond acceptors (Lipinski definition) is 2. The number of fused-ring (bicyclic) bond motifs is 2. The molecule has 4 aromatic rings. The van der Waals surface area contributed by atoms with Crippen LogP contribution in [0.5, 0.6) is 0 Å². The number of rotatable bonds is 2. The monoisotopic (exact) mass is 494 g/mol. The third kappa shape index (κ3) is 2.48. The van der Waals surface area contributed by atoms with E-state index >= 15 is 0 Å². The summed E-state index contributed by atoms with van der Waals surface area (Å²) in [7, 11) is 1.80. The van der Waals surface area contributed by atoms with Crippen molar-refractivity contribution in [3.8, 4) is 11.3 Å². The van der Waals surface area contributed by atoms with Gasteiger partial charge in [0.25, 0.3) is 0 Å². The summed E-state index contributed by atoms with van der Waals surface area (Å²) in [5.41, 5.74) is 3.65. The van der Waals surface area contributed by atoms with Gasteiger partial charge in [0.2, 0.25) is 0 Å². The molecular formula is C18H14BrIN3O-. The molecule has 0 unspecified atom stereocenters. The Hall–Kier alpha value is -1.67. The molecule has 0 aliphatic rings. The molecule has 24 heavy (non-hydrogen) atoms. The fourth-order valence-electron chi connectivity index (χ4n) is 2.91. The molecule has 0 aliphatic carbocycles. The van der Waals surface area contributed by atoms with Crippen LogP contribution in [0, 0.1) is 0 Å². The van der Waals surface area contributed by atoms with Gasteiger partial charge in [0, 0.05) is 0 Å². The number of aromatic nitrogens is 3. The third-order valence-corrected chi connectivity index (χ3v) is 6.42. The van der Waals surface area contributed by atoms with Crippen molar-refractivity contribution in [2.24, 2.45) is 7.05 Å². The predicted molar refractivity (Wildman–Crippen MR) is 96.9 cm³/mol. The van der Waals surface area contributed by atoms with Gasteiger partial charge < -0.3 is 0 Å². The average Bonchev–Trinajstić information content (AvgIpc) is 3.02. The molecular weight excluding hydrogens is 481 g/mol. The van der Waals surface area contributed by atoms with Crippen molar-refractivity contribution in [2.45, 2.75) is 0 Å². The molecule has 0 atom stereocenters. The van der Waals surface area contributed by atoms with Crippen molar-refractivity contribution in [3.63, 3.8) is 0 Å². The molecule has 0 spiro atoms. The second-order valence-corrected chi connectivity index (χ2v) is 8.47. The van der Waals surface area contributed by atoms with Gasteiger partial charge in [0.15, 0.2) is 0 Å². The van der Waals surface area contributed by atoms with Crippen LogP contribution in [0.2, 0.25) is 0 Å². The van der Waals surface area contributed by atoms with Crippen molar-refractivity contribution in [1.82, 2.24) is 12.3 Å². The van der Waals surface area contributed by atoms with Crippen molar-refractivity contribution in [3.05, 3.63) is 63.6 Å². The van der Waals surface area contributed by atoms with Crippen LogP contribution in [0.1, 0.15) is 0 Å². The molecule has 122 valence electrons. The van der Waals surface area contributed by atoms with Gasteiger partial charge in [-0.3, -0.25) is 0 Å². The van der Waals surface area contributed by atoms with Crippen LogP contribution in [0.15, 0.2) is 58.1 Å². The molecule has 0 bridgehead atoms. The fourth-order valence-corrected chi connectivity index (χ4v) is 4.72. The van der Waals surface area contributed by atoms with Crippen LogP contribution in [0.25, 0.3) is 33.1 Å². The molecule has 0 radical (unpaired) electrons. The van der Waals surface area contributed by atoms with Gasteiger partial charge in [0.05, 0.1) is 0 Å². The number of benzene rings is 1. The number of alkyl halides is 1. The molecule has 1 aromatic carbocycles. The van der Waals surface area contributed by atoms with Crippen LogP contribution < -0.4 is 27.0 Å². The Labute approximate surface area is 157 Å². The van der Waals surface area contributed by atoms with E-state index in [4.69, 9.17) is 4.98 Å². The molecule has 0 fully saturated rings. The van der Waals surface area contributed by atoms with Crippen molar-refractivity contribution in [1.29, 1.82) is 0 Å². The first kappa shape index (κ1) is 15.8. The first-order valence-electron chi connectivity index (χ1n) is 7.36. The topological polar surface area (TPSA) is 39.8 Å². The fraction of sp³-hybridized carbons (Fsp3) is 0.111. The van der Waals surface area contributed by atoms with E-state index in [0.717, 1.165) is 37.5 Å². The van der Waals surface area contributed by atoms with Gasteiger partial charge in [-0.25, -0.2) is 0 Å². The normalized spacial score (nSPS) is 11.6. The van der Waals surface area contributed by atoms with Crippen LogP contribution in [0.3, 0.4) is 0 Å². The number of pyridine rings is 2. The zero-order valence-corrected chi connectivity index (χ0v) is 16.9. The van der Waals surface area contributed by atoms with Crippen LogP contribution in [-0.4, -0.2) is 17.3 Å². The number of aryl methyl sites for hydroxylation is 1. The first-order valence-corrected chi connectivity index (χ1v) is 11.3. The Kier molecular flexibility index (Phi) is 3.96. The van der Waals surface area contributed by atoms with Gasteiger partial charge in [-0.15, -0.1) is 0 Å². The predicted octanol–water partition coefficient (Wildman–Crippen LogP) is 0.800. The number of halogens is 2. The Balaban J connectivity index is 2.03. The average molecular weight is 495 g/mol. The van der Waals surface area contributed by atoms with Crippen LogP contribution in [0.4, 0.5) is 0 Å². The first-order chi connectivity index (χ1) is 11.6. The van der Waals surface area contributed by atoms with Crippen LogP contribution >= 0.6 is 15.9 Å². The second-order valence-electron chi connectivity index (χ2n) is 5.55. The molecule has 0 saturated carbocycles. The zero-order chi connectivity index (χ0) is 16.8. The Morgan fingerprint density at radius 1 is 1.17 bits per heavy atom. The van der Waals surface area contributed by atoms with Gasteiger partial charge in [-0.05, 0) is 0 Å². The summed E-state index contributed by atoms with van der Waals surface area (Å²) in [6.07, 6.45) is 3.90. The van der Waals surface area contributed by atoms with Gasteiger partial charge in [0.1, 0.15) is 0 Å². The standard InChI is InChI=1S/C18H14BrIN3O/c1-20-23-8-7-13-14(10-22(2)18(24)17(13)23)16-5-3-11-9-12(19)4-6-15(11)21-16/h3-10H,1-2H3/q-1. The number of hydrogen-bond donors (Lipinski definition) is 0. The summed E-state index contributed by atoms with van der Waals surface area (Å²) in [5.74, 6) is 0. The maximum atomic E-state index is 12.5. The summed E-state index contributed by atoms with van der Waals surface area (Å²) in [4.78, 5) is 19.5. The minimum absolute atomic E-state index is 0.0463.